The standard InChI is InChI=1S/C17H26N4O2/c1-13-8-9-20(19-13)12-16(22)18-14-10-17(23)21(11-14)15-6-4-2-3-5-7-15/h8-9,14-15H,2-7,10-12H2,1H3,(H,18,22)/t14-/m1/s1. The molecule has 1 aromatic rings. The van der Waals surface area contributed by atoms with Crippen molar-refractivity contribution < 1.29 is 9.59 Å². The van der Waals surface area contributed by atoms with Crippen molar-refractivity contribution in [1.82, 2.24) is 20.0 Å². The van der Waals surface area contributed by atoms with Gasteiger partial charge in [-0.05, 0) is 25.8 Å². The zero-order valence-corrected chi connectivity index (χ0v) is 13.8. The van der Waals surface area contributed by atoms with Crippen LogP contribution in [0.4, 0.5) is 0 Å². The van der Waals surface area contributed by atoms with Crippen molar-refractivity contribution in [3.8, 4) is 0 Å². The number of nitrogens with zero attached hydrogens (tertiary/aromatic N) is 3. The van der Waals surface area contributed by atoms with E-state index in [1.54, 1.807) is 10.9 Å². The molecule has 6 heteroatoms. The van der Waals surface area contributed by atoms with Gasteiger partial charge in [0.05, 0.1) is 11.7 Å². The van der Waals surface area contributed by atoms with Crippen LogP contribution < -0.4 is 5.32 Å². The minimum Gasteiger partial charge on any atom is -0.349 e. The Bertz CT molecular complexity index is 561. The predicted octanol–water partition coefficient (Wildman–Crippen LogP) is 1.63. The van der Waals surface area contributed by atoms with Crippen LogP contribution in [0.2, 0.25) is 0 Å². The molecule has 2 aliphatic rings. The van der Waals surface area contributed by atoms with Crippen LogP contribution in [0.5, 0.6) is 0 Å². The quantitative estimate of drug-likeness (QED) is 0.858. The molecule has 126 valence electrons. The van der Waals surface area contributed by atoms with Crippen LogP contribution in [-0.2, 0) is 16.1 Å². The summed E-state index contributed by atoms with van der Waals surface area (Å²) in [5, 5.41) is 7.21. The Morgan fingerprint density at radius 2 is 2.04 bits per heavy atom. The van der Waals surface area contributed by atoms with Crippen molar-refractivity contribution in [3.63, 3.8) is 0 Å². The zero-order valence-electron chi connectivity index (χ0n) is 13.8. The van der Waals surface area contributed by atoms with Gasteiger partial charge in [0.15, 0.2) is 0 Å². The first-order chi connectivity index (χ1) is 11.1. The second-order valence-electron chi connectivity index (χ2n) is 6.81. The predicted molar refractivity (Wildman–Crippen MR) is 86.7 cm³/mol. The number of nitrogens with one attached hydrogen (secondary N) is 1. The summed E-state index contributed by atoms with van der Waals surface area (Å²) in [6.07, 6.45) is 9.43. The van der Waals surface area contributed by atoms with E-state index in [-0.39, 0.29) is 24.4 Å². The van der Waals surface area contributed by atoms with Crippen LogP contribution in [0.25, 0.3) is 0 Å². The molecule has 6 nitrogen and oxygen atoms in total. The lowest BCUT2D eigenvalue weighted by molar-refractivity contribution is -0.129. The largest absolute Gasteiger partial charge is 0.349 e. The third-order valence-electron chi connectivity index (χ3n) is 4.87. The Balaban J connectivity index is 1.51. The van der Waals surface area contributed by atoms with Crippen molar-refractivity contribution in [3.05, 3.63) is 18.0 Å². The molecule has 0 unspecified atom stereocenters. The fraction of sp³-hybridized carbons (Fsp3) is 0.706. The molecule has 2 amide bonds. The highest BCUT2D eigenvalue weighted by Crippen LogP contribution is 2.25. The van der Waals surface area contributed by atoms with E-state index >= 15 is 0 Å². The van der Waals surface area contributed by atoms with Crippen molar-refractivity contribution >= 4 is 11.8 Å². The molecule has 1 atom stereocenters. The van der Waals surface area contributed by atoms with Crippen LogP contribution >= 0.6 is 0 Å². The summed E-state index contributed by atoms with van der Waals surface area (Å²) in [5.74, 6) is 0.116. The lowest BCUT2D eigenvalue weighted by Crippen LogP contribution is -2.41. The van der Waals surface area contributed by atoms with Crippen LogP contribution in [0.15, 0.2) is 12.3 Å². The first-order valence-electron chi connectivity index (χ1n) is 8.71. The number of carbonyl (C=O) groups is 2. The third-order valence-corrected chi connectivity index (χ3v) is 4.87. The molecule has 1 aliphatic carbocycles. The molecule has 1 saturated heterocycles. The maximum Gasteiger partial charge on any atom is 0.242 e. The van der Waals surface area contributed by atoms with Gasteiger partial charge in [0.2, 0.25) is 11.8 Å². The topological polar surface area (TPSA) is 67.2 Å². The summed E-state index contributed by atoms with van der Waals surface area (Å²) >= 11 is 0. The normalized spacial score (nSPS) is 23.1. The minimum absolute atomic E-state index is 0.0603. The second-order valence-corrected chi connectivity index (χ2v) is 6.81. The molecular formula is C17H26N4O2. The number of likely N-dealkylation sites (tertiary alicyclic amines) is 1. The van der Waals surface area contributed by atoms with Crippen LogP contribution in [0.1, 0.15) is 50.6 Å². The molecule has 1 aromatic heterocycles. The molecule has 1 aliphatic heterocycles. The number of carbonyl (C=O) groups excluding carboxylic acids is 2. The molecule has 2 fully saturated rings. The van der Waals surface area contributed by atoms with Gasteiger partial charge in [0, 0.05) is 25.2 Å². The van der Waals surface area contributed by atoms with Gasteiger partial charge in [-0.15, -0.1) is 0 Å². The van der Waals surface area contributed by atoms with Gasteiger partial charge in [-0.1, -0.05) is 25.7 Å². The molecular weight excluding hydrogens is 292 g/mol. The highest BCUT2D eigenvalue weighted by molar-refractivity contribution is 5.82. The Morgan fingerprint density at radius 3 is 2.70 bits per heavy atom. The van der Waals surface area contributed by atoms with Gasteiger partial charge in [0.25, 0.3) is 0 Å². The van der Waals surface area contributed by atoms with Gasteiger partial charge in [-0.25, -0.2) is 0 Å². The molecule has 1 N–H and O–H groups in total. The number of rotatable bonds is 4. The first kappa shape index (κ1) is 16.0. The maximum atomic E-state index is 12.3. The van der Waals surface area contributed by atoms with Gasteiger partial charge < -0.3 is 10.2 Å². The van der Waals surface area contributed by atoms with Crippen molar-refractivity contribution in [2.24, 2.45) is 0 Å². The average Bonchev–Trinajstić information content (AvgIpc) is 2.95. The SMILES string of the molecule is Cc1ccn(CC(=O)N[C@@H]2CC(=O)N(C3CCCCCC3)C2)n1. The van der Waals surface area contributed by atoms with Crippen LogP contribution in [0, 0.1) is 6.92 Å². The Kier molecular flexibility index (Phi) is 4.98. The van der Waals surface area contributed by atoms with E-state index in [2.05, 4.69) is 10.4 Å². The molecule has 1 saturated carbocycles. The summed E-state index contributed by atoms with van der Waals surface area (Å²) in [5.41, 5.74) is 0.897. The Hall–Kier alpha value is -1.85. The number of aryl methyl sites for hydroxylation is 1. The summed E-state index contributed by atoms with van der Waals surface area (Å²) < 4.78 is 1.63. The third kappa shape index (κ3) is 4.12. The molecule has 0 spiro atoms. The van der Waals surface area contributed by atoms with Crippen LogP contribution in [-0.4, -0.2) is 45.1 Å². The van der Waals surface area contributed by atoms with Crippen LogP contribution in [0.3, 0.4) is 0 Å². The number of hydrogen-bond donors (Lipinski definition) is 1. The fourth-order valence-electron chi connectivity index (χ4n) is 3.72. The van der Waals surface area contributed by atoms with E-state index in [0.717, 1.165) is 18.5 Å². The molecule has 3 rings (SSSR count). The fourth-order valence-corrected chi connectivity index (χ4v) is 3.72. The number of amides is 2. The summed E-state index contributed by atoms with van der Waals surface area (Å²) in [6, 6.07) is 2.19. The van der Waals surface area contributed by atoms with E-state index in [9.17, 15) is 9.59 Å². The lowest BCUT2D eigenvalue weighted by atomic mass is 10.1. The zero-order chi connectivity index (χ0) is 16.2. The number of aromatic nitrogens is 2. The molecule has 23 heavy (non-hydrogen) atoms. The molecule has 0 radical (unpaired) electrons. The van der Waals surface area contributed by atoms with Gasteiger partial charge >= 0.3 is 0 Å². The Morgan fingerprint density at radius 1 is 1.30 bits per heavy atom. The Labute approximate surface area is 137 Å². The molecule has 2 heterocycles. The monoisotopic (exact) mass is 318 g/mol. The highest BCUT2D eigenvalue weighted by Gasteiger charge is 2.35. The van der Waals surface area contributed by atoms with E-state index in [1.807, 2.05) is 17.9 Å². The second kappa shape index (κ2) is 7.15. The summed E-state index contributed by atoms with van der Waals surface area (Å²) in [6.45, 7) is 2.77. The summed E-state index contributed by atoms with van der Waals surface area (Å²) in [4.78, 5) is 26.4. The van der Waals surface area contributed by atoms with E-state index < -0.39 is 0 Å². The van der Waals surface area contributed by atoms with Gasteiger partial charge in [0.1, 0.15) is 6.54 Å². The summed E-state index contributed by atoms with van der Waals surface area (Å²) in [7, 11) is 0. The van der Waals surface area contributed by atoms with Crippen molar-refractivity contribution in [2.45, 2.75) is 70.5 Å². The van der Waals surface area contributed by atoms with E-state index in [1.165, 1.54) is 25.7 Å². The maximum absolute atomic E-state index is 12.3. The van der Waals surface area contributed by atoms with E-state index in [0.29, 0.717) is 19.0 Å². The highest BCUT2D eigenvalue weighted by atomic mass is 16.2. The number of hydrogen-bond acceptors (Lipinski definition) is 3. The van der Waals surface area contributed by atoms with E-state index in [4.69, 9.17) is 0 Å². The first-order valence-corrected chi connectivity index (χ1v) is 8.71. The average molecular weight is 318 g/mol. The smallest absolute Gasteiger partial charge is 0.242 e. The van der Waals surface area contributed by atoms with Gasteiger partial charge in [-0.2, -0.15) is 5.10 Å². The minimum atomic E-state index is -0.0754. The molecule has 0 aromatic carbocycles. The van der Waals surface area contributed by atoms with Gasteiger partial charge in [-0.3, -0.25) is 14.3 Å². The van der Waals surface area contributed by atoms with Crippen molar-refractivity contribution in [1.29, 1.82) is 0 Å². The lowest BCUT2D eigenvalue weighted by Gasteiger charge is -2.27. The van der Waals surface area contributed by atoms with Crippen molar-refractivity contribution in [2.75, 3.05) is 6.54 Å². The molecule has 0 bridgehead atoms.